The van der Waals surface area contributed by atoms with Gasteiger partial charge in [0.2, 0.25) is 11.8 Å². The van der Waals surface area contributed by atoms with Gasteiger partial charge in [0.1, 0.15) is 12.7 Å². The number of nitrogens with zero attached hydrogens (tertiary/aromatic N) is 4. The standard InChI is InChI=1S/C11H17N5O2/c1-8(4-16-7-12-6-13-16)14-11(18)9-3-10(17)15(2)5-9/h6-9H,3-5H2,1-2H3,(H,14,18)/t8-,9+/m0/s1. The SMILES string of the molecule is C[C@@H](Cn1cncn1)NC(=O)[C@@H]1CC(=O)N(C)C1. The molecule has 1 aliphatic rings. The van der Waals surface area contributed by atoms with Crippen LogP contribution >= 0.6 is 0 Å². The number of hydrogen-bond donors (Lipinski definition) is 1. The van der Waals surface area contributed by atoms with E-state index in [2.05, 4.69) is 15.4 Å². The van der Waals surface area contributed by atoms with Gasteiger partial charge in [0.25, 0.3) is 0 Å². The summed E-state index contributed by atoms with van der Waals surface area (Å²) in [6.45, 7) is 2.98. The fraction of sp³-hybridized carbons (Fsp3) is 0.636. The van der Waals surface area contributed by atoms with Gasteiger partial charge in [-0.25, -0.2) is 4.98 Å². The molecule has 7 heteroatoms. The Labute approximate surface area is 105 Å². The highest BCUT2D eigenvalue weighted by molar-refractivity contribution is 5.89. The van der Waals surface area contributed by atoms with Crippen molar-refractivity contribution in [3.8, 4) is 0 Å². The van der Waals surface area contributed by atoms with Gasteiger partial charge in [0, 0.05) is 26.1 Å². The molecule has 2 amide bonds. The minimum atomic E-state index is -0.235. The van der Waals surface area contributed by atoms with Gasteiger partial charge in [-0.3, -0.25) is 14.3 Å². The summed E-state index contributed by atoms with van der Waals surface area (Å²) < 4.78 is 1.66. The van der Waals surface area contributed by atoms with Gasteiger partial charge < -0.3 is 10.2 Å². The molecule has 0 spiro atoms. The van der Waals surface area contributed by atoms with Gasteiger partial charge in [-0.1, -0.05) is 0 Å². The first-order valence-corrected chi connectivity index (χ1v) is 5.93. The Hall–Kier alpha value is -1.92. The molecule has 1 aromatic heterocycles. The van der Waals surface area contributed by atoms with E-state index in [9.17, 15) is 9.59 Å². The third kappa shape index (κ3) is 2.85. The minimum Gasteiger partial charge on any atom is -0.351 e. The number of likely N-dealkylation sites (tertiary alicyclic amines) is 1. The minimum absolute atomic E-state index is 0.0269. The summed E-state index contributed by atoms with van der Waals surface area (Å²) in [6, 6.07) is -0.0415. The Morgan fingerprint density at radius 1 is 1.67 bits per heavy atom. The molecule has 18 heavy (non-hydrogen) atoms. The van der Waals surface area contributed by atoms with Gasteiger partial charge in [0.05, 0.1) is 12.5 Å². The normalized spacial score (nSPS) is 21.1. The molecule has 0 aliphatic carbocycles. The number of hydrogen-bond acceptors (Lipinski definition) is 4. The van der Waals surface area contributed by atoms with Gasteiger partial charge in [0.15, 0.2) is 0 Å². The van der Waals surface area contributed by atoms with Crippen molar-refractivity contribution in [2.45, 2.75) is 25.9 Å². The summed E-state index contributed by atoms with van der Waals surface area (Å²) in [4.78, 5) is 28.7. The Kier molecular flexibility index (Phi) is 3.59. The first kappa shape index (κ1) is 12.5. The van der Waals surface area contributed by atoms with Crippen LogP contribution < -0.4 is 5.32 Å². The molecule has 2 atom stereocenters. The van der Waals surface area contributed by atoms with Crippen LogP contribution in [0.5, 0.6) is 0 Å². The molecule has 1 aliphatic heterocycles. The maximum absolute atomic E-state index is 11.9. The Bertz CT molecular complexity index is 431. The van der Waals surface area contributed by atoms with Crippen molar-refractivity contribution in [3.05, 3.63) is 12.7 Å². The largest absolute Gasteiger partial charge is 0.351 e. The topological polar surface area (TPSA) is 80.1 Å². The van der Waals surface area contributed by atoms with E-state index in [0.717, 1.165) is 0 Å². The average Bonchev–Trinajstić information content (AvgIpc) is 2.90. The third-order valence-electron chi connectivity index (χ3n) is 3.03. The van der Waals surface area contributed by atoms with Crippen LogP contribution in [0.3, 0.4) is 0 Å². The molecule has 0 bridgehead atoms. The summed E-state index contributed by atoms with van der Waals surface area (Å²) in [6.07, 6.45) is 3.37. The van der Waals surface area contributed by atoms with E-state index in [1.54, 1.807) is 23.0 Å². The summed E-state index contributed by atoms with van der Waals surface area (Å²) in [5, 5.41) is 6.87. The molecule has 0 saturated carbocycles. The van der Waals surface area contributed by atoms with Crippen molar-refractivity contribution in [2.24, 2.45) is 5.92 Å². The third-order valence-corrected chi connectivity index (χ3v) is 3.03. The van der Waals surface area contributed by atoms with E-state index in [4.69, 9.17) is 0 Å². The van der Waals surface area contributed by atoms with Gasteiger partial charge >= 0.3 is 0 Å². The fourth-order valence-corrected chi connectivity index (χ4v) is 2.05. The molecule has 7 nitrogen and oxygen atoms in total. The molecule has 0 aromatic carbocycles. The highest BCUT2D eigenvalue weighted by atomic mass is 16.2. The summed E-state index contributed by atoms with van der Waals surface area (Å²) >= 11 is 0. The lowest BCUT2D eigenvalue weighted by atomic mass is 10.1. The monoisotopic (exact) mass is 251 g/mol. The van der Waals surface area contributed by atoms with Gasteiger partial charge in [-0.05, 0) is 6.92 Å². The molecule has 2 rings (SSSR count). The van der Waals surface area contributed by atoms with Crippen LogP contribution in [0, 0.1) is 5.92 Å². The second kappa shape index (κ2) is 5.16. The van der Waals surface area contributed by atoms with Crippen molar-refractivity contribution in [1.29, 1.82) is 0 Å². The van der Waals surface area contributed by atoms with E-state index >= 15 is 0 Å². The van der Waals surface area contributed by atoms with Crippen LogP contribution in [0.2, 0.25) is 0 Å². The molecule has 1 fully saturated rings. The molecule has 1 N–H and O–H groups in total. The van der Waals surface area contributed by atoms with Crippen LogP contribution in [-0.4, -0.2) is 51.1 Å². The Morgan fingerprint density at radius 3 is 3.00 bits per heavy atom. The zero-order valence-electron chi connectivity index (χ0n) is 10.5. The van der Waals surface area contributed by atoms with Gasteiger partial charge in [-0.15, -0.1) is 0 Å². The Balaban J connectivity index is 1.82. The molecule has 2 heterocycles. The number of amides is 2. The van der Waals surface area contributed by atoms with E-state index < -0.39 is 0 Å². The molecular formula is C11H17N5O2. The van der Waals surface area contributed by atoms with Crippen LogP contribution in [0.15, 0.2) is 12.7 Å². The van der Waals surface area contributed by atoms with Crippen LogP contribution in [0.1, 0.15) is 13.3 Å². The predicted octanol–water partition coefficient (Wildman–Crippen LogP) is -0.739. The van der Waals surface area contributed by atoms with Crippen molar-refractivity contribution in [3.63, 3.8) is 0 Å². The smallest absolute Gasteiger partial charge is 0.225 e. The van der Waals surface area contributed by atoms with Crippen molar-refractivity contribution >= 4 is 11.8 Å². The summed E-state index contributed by atoms with van der Waals surface area (Å²) in [5.74, 6) is -0.278. The summed E-state index contributed by atoms with van der Waals surface area (Å²) in [5.41, 5.74) is 0. The fourth-order valence-electron chi connectivity index (χ4n) is 2.05. The zero-order chi connectivity index (χ0) is 13.1. The van der Waals surface area contributed by atoms with E-state index in [0.29, 0.717) is 19.5 Å². The molecule has 98 valence electrons. The molecular weight excluding hydrogens is 234 g/mol. The Morgan fingerprint density at radius 2 is 2.44 bits per heavy atom. The van der Waals surface area contributed by atoms with Crippen molar-refractivity contribution in [2.75, 3.05) is 13.6 Å². The maximum atomic E-state index is 11.9. The maximum Gasteiger partial charge on any atom is 0.225 e. The number of nitrogens with one attached hydrogen (secondary N) is 1. The second-order valence-corrected chi connectivity index (χ2v) is 4.70. The lowest BCUT2D eigenvalue weighted by Crippen LogP contribution is -2.40. The lowest BCUT2D eigenvalue weighted by Gasteiger charge is -2.16. The quantitative estimate of drug-likeness (QED) is 0.764. The lowest BCUT2D eigenvalue weighted by molar-refractivity contribution is -0.128. The van der Waals surface area contributed by atoms with E-state index in [1.807, 2.05) is 6.92 Å². The summed E-state index contributed by atoms with van der Waals surface area (Å²) in [7, 11) is 1.72. The first-order chi connectivity index (χ1) is 8.56. The molecule has 1 aromatic rings. The number of carbonyl (C=O) groups is 2. The average molecular weight is 251 g/mol. The molecule has 1 saturated heterocycles. The van der Waals surface area contributed by atoms with Crippen molar-refractivity contribution in [1.82, 2.24) is 25.0 Å². The van der Waals surface area contributed by atoms with E-state index in [1.165, 1.54) is 6.33 Å². The highest BCUT2D eigenvalue weighted by Gasteiger charge is 2.32. The van der Waals surface area contributed by atoms with Crippen molar-refractivity contribution < 1.29 is 9.59 Å². The number of rotatable bonds is 4. The van der Waals surface area contributed by atoms with Crippen LogP contribution in [-0.2, 0) is 16.1 Å². The van der Waals surface area contributed by atoms with Gasteiger partial charge in [-0.2, -0.15) is 5.10 Å². The highest BCUT2D eigenvalue weighted by Crippen LogP contribution is 2.16. The van der Waals surface area contributed by atoms with Crippen LogP contribution in [0.4, 0.5) is 0 Å². The molecule has 0 unspecified atom stereocenters. The zero-order valence-corrected chi connectivity index (χ0v) is 10.5. The van der Waals surface area contributed by atoms with Crippen LogP contribution in [0.25, 0.3) is 0 Å². The van der Waals surface area contributed by atoms with E-state index in [-0.39, 0.29) is 23.8 Å². The first-order valence-electron chi connectivity index (χ1n) is 5.93. The number of aromatic nitrogens is 3. The molecule has 0 radical (unpaired) electrons. The number of carbonyl (C=O) groups excluding carboxylic acids is 2. The second-order valence-electron chi connectivity index (χ2n) is 4.70. The predicted molar refractivity (Wildman–Crippen MR) is 63.4 cm³/mol.